The zero-order chi connectivity index (χ0) is 16.3. The average Bonchev–Trinajstić information content (AvgIpc) is 2.44. The van der Waals surface area contributed by atoms with Gasteiger partial charge in [0.1, 0.15) is 0 Å². The Morgan fingerprint density at radius 1 is 1.10 bits per heavy atom. The second kappa shape index (κ2) is 11.4. The van der Waals surface area contributed by atoms with Gasteiger partial charge in [-0.25, -0.2) is 0 Å². The van der Waals surface area contributed by atoms with E-state index in [0.717, 1.165) is 25.3 Å². The predicted octanol–water partition coefficient (Wildman–Crippen LogP) is 3.93. The van der Waals surface area contributed by atoms with Crippen molar-refractivity contribution in [2.45, 2.75) is 71.2 Å². The van der Waals surface area contributed by atoms with E-state index in [1.807, 2.05) is 20.8 Å². The van der Waals surface area contributed by atoms with Crippen LogP contribution in [0.4, 0.5) is 0 Å². The Balaban J connectivity index is 4.42. The van der Waals surface area contributed by atoms with Crippen molar-refractivity contribution in [2.75, 3.05) is 13.2 Å². The van der Waals surface area contributed by atoms with Gasteiger partial charge in [-0.3, -0.25) is 9.59 Å². The molecule has 0 aromatic rings. The Morgan fingerprint density at radius 2 is 1.67 bits per heavy atom. The Morgan fingerprint density at radius 3 is 2.10 bits per heavy atom. The highest BCUT2D eigenvalue weighted by Crippen LogP contribution is 2.26. The number of rotatable bonds is 12. The maximum atomic E-state index is 11.8. The molecular formula is C15H30O4SSi. The quantitative estimate of drug-likeness (QED) is 0.400. The van der Waals surface area contributed by atoms with Crippen molar-refractivity contribution in [3.05, 3.63) is 0 Å². The third kappa shape index (κ3) is 8.76. The Labute approximate surface area is 134 Å². The largest absolute Gasteiger partial charge is 0.395 e. The van der Waals surface area contributed by atoms with Crippen molar-refractivity contribution < 1.29 is 18.4 Å². The molecule has 0 aromatic carbocycles. The minimum absolute atomic E-state index is 0.172. The van der Waals surface area contributed by atoms with Crippen molar-refractivity contribution >= 4 is 31.2 Å². The van der Waals surface area contributed by atoms with Crippen molar-refractivity contribution in [3.63, 3.8) is 0 Å². The molecule has 0 saturated carbocycles. The number of Topliss-reactive ketones (excluding diaryl/α,β-unsaturated/α-hetero) is 1. The Bertz CT molecular complexity index is 317. The molecular weight excluding hydrogens is 304 g/mol. The lowest BCUT2D eigenvalue weighted by molar-refractivity contribution is -0.131. The fraction of sp³-hybridized carbons (Fsp3) is 0.867. The summed E-state index contributed by atoms with van der Waals surface area (Å²) in [4.78, 5) is 23.4. The van der Waals surface area contributed by atoms with Crippen LogP contribution in [0.3, 0.4) is 0 Å². The third-order valence-corrected chi connectivity index (χ3v) is 7.59. The van der Waals surface area contributed by atoms with E-state index in [9.17, 15) is 9.59 Å². The molecule has 0 aliphatic carbocycles. The lowest BCUT2D eigenvalue weighted by Gasteiger charge is -2.27. The van der Waals surface area contributed by atoms with Crippen LogP contribution < -0.4 is 0 Å². The summed E-state index contributed by atoms with van der Waals surface area (Å²) < 4.78 is 11.6. The molecule has 6 heteroatoms. The highest BCUT2D eigenvalue weighted by Gasteiger charge is 2.32. The molecule has 0 aliphatic heterocycles. The Kier molecular flexibility index (Phi) is 11.3. The SMILES string of the molecule is CCCC(=O)C(=O)SC(CC)CC[Si](C)(OCC)OCC. The summed E-state index contributed by atoms with van der Waals surface area (Å²) in [6.45, 7) is 11.3. The lowest BCUT2D eigenvalue weighted by Crippen LogP contribution is -2.39. The smallest absolute Gasteiger partial charge is 0.334 e. The number of hydrogen-bond donors (Lipinski definition) is 0. The van der Waals surface area contributed by atoms with E-state index >= 15 is 0 Å². The van der Waals surface area contributed by atoms with Gasteiger partial charge in [0, 0.05) is 24.9 Å². The molecule has 0 fully saturated rings. The zero-order valence-electron chi connectivity index (χ0n) is 14.1. The molecule has 0 saturated heterocycles. The standard InChI is InChI=1S/C15H30O4SSi/c1-6-10-14(16)15(17)20-13(7-2)11-12-21(5,18-8-3)19-9-4/h13H,6-12H2,1-5H3. The maximum absolute atomic E-state index is 11.8. The molecule has 0 rings (SSSR count). The van der Waals surface area contributed by atoms with E-state index in [1.165, 1.54) is 11.8 Å². The summed E-state index contributed by atoms with van der Waals surface area (Å²) >= 11 is 1.19. The van der Waals surface area contributed by atoms with Crippen LogP contribution in [0.15, 0.2) is 0 Å². The average molecular weight is 335 g/mol. The minimum atomic E-state index is -2.13. The Hall–Kier alpha value is -0.173. The van der Waals surface area contributed by atoms with Crippen molar-refractivity contribution in [2.24, 2.45) is 0 Å². The second-order valence-corrected chi connectivity index (χ2v) is 9.77. The minimum Gasteiger partial charge on any atom is -0.395 e. The van der Waals surface area contributed by atoms with Gasteiger partial charge in [0.05, 0.1) is 0 Å². The molecule has 0 radical (unpaired) electrons. The van der Waals surface area contributed by atoms with Crippen molar-refractivity contribution in [1.29, 1.82) is 0 Å². The van der Waals surface area contributed by atoms with Crippen LogP contribution in [0.1, 0.15) is 53.4 Å². The van der Waals surface area contributed by atoms with E-state index < -0.39 is 8.56 Å². The van der Waals surface area contributed by atoms with Crippen molar-refractivity contribution in [1.82, 2.24) is 0 Å². The molecule has 1 atom stereocenters. The first-order valence-corrected chi connectivity index (χ1v) is 11.3. The molecule has 0 amide bonds. The summed E-state index contributed by atoms with van der Waals surface area (Å²) in [7, 11) is -2.13. The molecule has 1 unspecified atom stereocenters. The monoisotopic (exact) mass is 334 g/mol. The second-order valence-electron chi connectivity index (χ2n) is 5.15. The van der Waals surface area contributed by atoms with Gasteiger partial charge in [-0.15, -0.1) is 0 Å². The van der Waals surface area contributed by atoms with E-state index in [0.29, 0.717) is 19.6 Å². The first kappa shape index (κ1) is 20.8. The summed E-state index contributed by atoms with van der Waals surface area (Å²) in [5, 5.41) is -0.120. The summed E-state index contributed by atoms with van der Waals surface area (Å²) in [6, 6.07) is 0.857. The molecule has 0 spiro atoms. The number of carbonyl (C=O) groups is 2. The number of thioether (sulfide) groups is 1. The molecule has 21 heavy (non-hydrogen) atoms. The van der Waals surface area contributed by atoms with Crippen LogP contribution >= 0.6 is 11.8 Å². The third-order valence-electron chi connectivity index (χ3n) is 3.25. The van der Waals surface area contributed by atoms with Crippen LogP contribution in [-0.2, 0) is 18.4 Å². The highest BCUT2D eigenvalue weighted by molar-refractivity contribution is 8.15. The zero-order valence-corrected chi connectivity index (χ0v) is 15.9. The molecule has 0 heterocycles. The van der Waals surface area contributed by atoms with E-state index in [-0.39, 0.29) is 16.1 Å². The number of ketones is 1. The summed E-state index contributed by atoms with van der Waals surface area (Å²) in [6.07, 6.45) is 2.81. The van der Waals surface area contributed by atoms with Gasteiger partial charge < -0.3 is 8.85 Å². The topological polar surface area (TPSA) is 52.6 Å². The summed E-state index contributed by atoms with van der Waals surface area (Å²) in [5.74, 6) is -0.254. The van der Waals surface area contributed by atoms with E-state index in [4.69, 9.17) is 8.85 Å². The molecule has 124 valence electrons. The van der Waals surface area contributed by atoms with Gasteiger partial charge in [0.2, 0.25) is 5.78 Å². The fourth-order valence-electron chi connectivity index (χ4n) is 2.11. The predicted molar refractivity (Wildman–Crippen MR) is 90.9 cm³/mol. The maximum Gasteiger partial charge on any atom is 0.334 e. The molecule has 0 aliphatic rings. The van der Waals surface area contributed by atoms with Crippen LogP contribution in [0, 0.1) is 0 Å². The first-order chi connectivity index (χ1) is 9.92. The molecule has 4 nitrogen and oxygen atoms in total. The van der Waals surface area contributed by atoms with Gasteiger partial charge in [0.15, 0.2) is 0 Å². The van der Waals surface area contributed by atoms with Crippen LogP contribution in [-0.4, -0.2) is 37.9 Å². The summed E-state index contributed by atoms with van der Waals surface area (Å²) in [5.41, 5.74) is 0. The number of hydrogen-bond acceptors (Lipinski definition) is 5. The van der Waals surface area contributed by atoms with E-state index in [1.54, 1.807) is 0 Å². The molecule has 0 bridgehead atoms. The fourth-order valence-corrected chi connectivity index (χ4v) is 5.73. The van der Waals surface area contributed by atoms with Gasteiger partial charge in [-0.2, -0.15) is 0 Å². The van der Waals surface area contributed by atoms with E-state index in [2.05, 4.69) is 13.5 Å². The van der Waals surface area contributed by atoms with Crippen LogP contribution in [0.5, 0.6) is 0 Å². The van der Waals surface area contributed by atoms with Crippen molar-refractivity contribution in [3.8, 4) is 0 Å². The van der Waals surface area contributed by atoms with Gasteiger partial charge in [-0.05, 0) is 45.7 Å². The molecule has 0 aromatic heterocycles. The van der Waals surface area contributed by atoms with Gasteiger partial charge in [-0.1, -0.05) is 25.6 Å². The van der Waals surface area contributed by atoms with Gasteiger partial charge in [0.25, 0.3) is 5.12 Å². The molecule has 0 N–H and O–H groups in total. The highest BCUT2D eigenvalue weighted by atomic mass is 32.2. The van der Waals surface area contributed by atoms with Crippen LogP contribution in [0.2, 0.25) is 12.6 Å². The number of carbonyl (C=O) groups excluding carboxylic acids is 2. The first-order valence-electron chi connectivity index (χ1n) is 7.94. The lowest BCUT2D eigenvalue weighted by atomic mass is 10.2. The van der Waals surface area contributed by atoms with Gasteiger partial charge >= 0.3 is 8.56 Å². The van der Waals surface area contributed by atoms with Crippen LogP contribution in [0.25, 0.3) is 0 Å². The normalized spacial score (nSPS) is 13.2.